The number of carbonyl (C=O) groups excluding carboxylic acids is 5. The minimum atomic E-state index is -1.40. The zero-order valence-corrected chi connectivity index (χ0v) is 38.7. The van der Waals surface area contributed by atoms with E-state index in [1.165, 1.54) is 24.4 Å². The molecule has 1 aliphatic heterocycles. The molecule has 18 nitrogen and oxygen atoms in total. The molecule has 4 atom stereocenters. The van der Waals surface area contributed by atoms with Gasteiger partial charge < -0.3 is 52.8 Å². The molecule has 4 bridgehead atoms. The molecule has 0 spiro atoms. The van der Waals surface area contributed by atoms with E-state index in [1.54, 1.807) is 50.2 Å². The number of nitriles is 1. The Labute approximate surface area is 386 Å². The van der Waals surface area contributed by atoms with Crippen molar-refractivity contribution < 1.29 is 33.4 Å². The van der Waals surface area contributed by atoms with Gasteiger partial charge in [0, 0.05) is 54.5 Å². The number of hydrogen-bond acceptors (Lipinski definition) is 12. The molecule has 0 saturated heterocycles. The van der Waals surface area contributed by atoms with Gasteiger partial charge in [0.2, 0.25) is 29.5 Å². The topological polar surface area (TPSA) is 282 Å². The minimum Gasteiger partial charge on any atom is -0.492 e. The summed E-state index contributed by atoms with van der Waals surface area (Å²) >= 11 is 0. The number of nitrogens with one attached hydrogen (secondary N) is 4. The van der Waals surface area contributed by atoms with Crippen LogP contribution in [0.25, 0.3) is 11.1 Å². The van der Waals surface area contributed by atoms with E-state index in [0.29, 0.717) is 45.3 Å². The highest BCUT2D eigenvalue weighted by Gasteiger charge is 2.36. The Morgan fingerprint density at radius 3 is 2.23 bits per heavy atom. The lowest BCUT2D eigenvalue weighted by molar-refractivity contribution is -0.142. The molecule has 10 N–H and O–H groups in total. The molecule has 352 valence electrons. The number of benzene rings is 3. The van der Waals surface area contributed by atoms with Crippen molar-refractivity contribution in [2.45, 2.75) is 84.5 Å². The van der Waals surface area contributed by atoms with E-state index in [-0.39, 0.29) is 57.8 Å². The smallest absolute Gasteiger partial charge is 0.249 e. The highest BCUT2D eigenvalue weighted by Crippen LogP contribution is 2.40. The number of amidine groups is 1. The van der Waals surface area contributed by atoms with Crippen molar-refractivity contribution in [3.8, 4) is 28.7 Å². The first-order valence-corrected chi connectivity index (χ1v) is 21.9. The van der Waals surface area contributed by atoms with Gasteiger partial charge in [-0.3, -0.25) is 24.0 Å². The summed E-state index contributed by atoms with van der Waals surface area (Å²) in [6, 6.07) is 13.0. The largest absolute Gasteiger partial charge is 0.492 e. The molecule has 18 heteroatoms. The van der Waals surface area contributed by atoms with E-state index in [1.807, 2.05) is 25.1 Å². The summed E-state index contributed by atoms with van der Waals surface area (Å²) in [4.78, 5) is 80.2. The number of carbonyl (C=O) groups is 5. The van der Waals surface area contributed by atoms with Gasteiger partial charge >= 0.3 is 0 Å². The SMILES string of the molecule is C=N/C(=N\C(C)=C(/C)C(=O)N[C@@H](CCN)C(=O)N(C)[C@@H]1C(=O)N[C@@H](C)C(=O)N[C@H](C(=O)NCC#N)Cc2ccc(OCCN)c(c2)-c2cc1ccc2OCCN)c1ccc(CCC)cc1C. The van der Waals surface area contributed by atoms with Crippen LogP contribution < -0.4 is 47.9 Å². The Kier molecular flexibility index (Phi) is 19.5. The van der Waals surface area contributed by atoms with Crippen molar-refractivity contribution in [3.05, 3.63) is 93.7 Å². The fourth-order valence-electron chi connectivity index (χ4n) is 7.40. The van der Waals surface area contributed by atoms with Gasteiger partial charge in [-0.15, -0.1) is 0 Å². The minimum absolute atomic E-state index is 0.0000629. The number of allylic oxidation sites excluding steroid dienone is 1. The summed E-state index contributed by atoms with van der Waals surface area (Å²) in [5, 5.41) is 19.9. The van der Waals surface area contributed by atoms with Crippen LogP contribution in [0.3, 0.4) is 0 Å². The van der Waals surface area contributed by atoms with E-state index in [0.717, 1.165) is 24.0 Å². The van der Waals surface area contributed by atoms with Crippen LogP contribution in [0.4, 0.5) is 0 Å². The Morgan fingerprint density at radius 1 is 0.955 bits per heavy atom. The second kappa shape index (κ2) is 24.9. The third kappa shape index (κ3) is 13.3. The predicted molar refractivity (Wildman–Crippen MR) is 254 cm³/mol. The highest BCUT2D eigenvalue weighted by atomic mass is 16.5. The van der Waals surface area contributed by atoms with Crippen LogP contribution in [0.5, 0.6) is 11.5 Å². The van der Waals surface area contributed by atoms with Gasteiger partial charge in [0.1, 0.15) is 55.4 Å². The van der Waals surface area contributed by atoms with Crippen molar-refractivity contribution in [2.75, 3.05) is 46.4 Å². The molecule has 5 amide bonds. The lowest BCUT2D eigenvalue weighted by Crippen LogP contribution is -2.56. The van der Waals surface area contributed by atoms with Crippen molar-refractivity contribution in [3.63, 3.8) is 0 Å². The Hall–Kier alpha value is -6.94. The fraction of sp³-hybridized carbons (Fsp3) is 0.417. The van der Waals surface area contributed by atoms with Gasteiger partial charge in [-0.2, -0.15) is 5.26 Å². The van der Waals surface area contributed by atoms with Crippen LogP contribution in [0, 0.1) is 18.3 Å². The molecular formula is C48H63N11O7. The molecule has 0 aromatic heterocycles. The number of rotatable bonds is 18. The van der Waals surface area contributed by atoms with Crippen molar-refractivity contribution in [1.82, 2.24) is 26.2 Å². The number of hydrogen-bond donors (Lipinski definition) is 7. The fourth-order valence-corrected chi connectivity index (χ4v) is 7.40. The molecule has 0 fully saturated rings. The Bertz CT molecular complexity index is 2370. The van der Waals surface area contributed by atoms with Gasteiger partial charge in [0.25, 0.3) is 0 Å². The number of nitrogens with two attached hydrogens (primary N) is 3. The summed E-state index contributed by atoms with van der Waals surface area (Å²) in [5.41, 5.74) is 23.0. The van der Waals surface area contributed by atoms with Crippen LogP contribution in [-0.2, 0) is 36.8 Å². The van der Waals surface area contributed by atoms with Gasteiger partial charge in [-0.1, -0.05) is 43.7 Å². The molecule has 4 rings (SSSR count). The molecule has 1 heterocycles. The molecular weight excluding hydrogens is 843 g/mol. The first-order chi connectivity index (χ1) is 31.6. The zero-order chi connectivity index (χ0) is 48.5. The maximum atomic E-state index is 14.7. The maximum Gasteiger partial charge on any atom is 0.249 e. The molecule has 0 radical (unpaired) electrons. The van der Waals surface area contributed by atoms with Gasteiger partial charge in [0.05, 0.1) is 6.07 Å². The number of ether oxygens (including phenoxy) is 2. The standard InChI is InChI=1S/C48H63N11O7/c1-8-9-32-10-13-35(28(2)24-32)43(53-6)55-30(4)29(3)44(60)57-38(16-17-49)48(64)59(7)42-34-12-15-41(66-23-20-52)37(27-34)36-25-33(11-14-40(36)65-22-19-51)26-39(46(62)54-21-18-50)58-45(61)31(5)56-47(42)63/h10-15,24-25,27,31,38-39,42H,6,8-9,16-17,19-23,26,49,51-52H2,1-5,7H3,(H,54,62)(H,56,63)(H,57,60)(H,58,61)/b30-29+,55-43-/t31-,38-,39-,42-/m0/s1. The quantitative estimate of drug-likeness (QED) is 0.0421. The summed E-state index contributed by atoms with van der Waals surface area (Å²) in [6.45, 7) is 12.8. The molecule has 0 saturated carbocycles. The number of fused-ring (bicyclic) bond motifs is 5. The lowest BCUT2D eigenvalue weighted by Gasteiger charge is -2.32. The van der Waals surface area contributed by atoms with Crippen LogP contribution in [0.1, 0.15) is 74.4 Å². The van der Waals surface area contributed by atoms with E-state index in [2.05, 4.69) is 51.0 Å². The van der Waals surface area contributed by atoms with E-state index >= 15 is 0 Å². The number of likely N-dealkylation sites (N-methyl/N-ethyl adjacent to an activating group) is 1. The van der Waals surface area contributed by atoms with Crippen molar-refractivity contribution in [2.24, 2.45) is 27.2 Å². The second-order valence-corrected chi connectivity index (χ2v) is 15.9. The van der Waals surface area contributed by atoms with Crippen molar-refractivity contribution in [1.29, 1.82) is 5.26 Å². The first-order valence-electron chi connectivity index (χ1n) is 21.9. The third-order valence-corrected chi connectivity index (χ3v) is 11.0. The molecule has 3 aromatic rings. The molecule has 0 unspecified atom stereocenters. The third-order valence-electron chi connectivity index (χ3n) is 11.0. The van der Waals surface area contributed by atoms with E-state index in [9.17, 15) is 24.0 Å². The van der Waals surface area contributed by atoms with Crippen molar-refractivity contribution >= 4 is 42.1 Å². The number of amides is 5. The number of aliphatic imine (C=N–C) groups is 2. The zero-order valence-electron chi connectivity index (χ0n) is 38.7. The molecule has 0 aliphatic carbocycles. The van der Waals surface area contributed by atoms with Gasteiger partial charge in [-0.05, 0) is 100 Å². The van der Waals surface area contributed by atoms with Gasteiger partial charge in [-0.25, -0.2) is 9.98 Å². The Morgan fingerprint density at radius 2 is 1.62 bits per heavy atom. The van der Waals surface area contributed by atoms with E-state index < -0.39 is 53.7 Å². The normalized spacial score (nSPS) is 17.1. The summed E-state index contributed by atoms with van der Waals surface area (Å²) < 4.78 is 12.2. The lowest BCUT2D eigenvalue weighted by atomic mass is 9.93. The number of nitrogens with zero attached hydrogens (tertiary/aromatic N) is 4. The maximum absolute atomic E-state index is 14.7. The average molecular weight is 906 g/mol. The summed E-state index contributed by atoms with van der Waals surface area (Å²) in [5.74, 6) is -2.25. The number of aryl methyl sites for hydroxylation is 2. The van der Waals surface area contributed by atoms with Gasteiger partial charge in [0.15, 0.2) is 5.84 Å². The molecule has 1 aliphatic rings. The van der Waals surface area contributed by atoms with Crippen LogP contribution >= 0.6 is 0 Å². The first kappa shape index (κ1) is 51.7. The summed E-state index contributed by atoms with van der Waals surface area (Å²) in [6.07, 6.45) is 1.93. The highest BCUT2D eigenvalue weighted by molar-refractivity contribution is 6.04. The van der Waals surface area contributed by atoms with Crippen LogP contribution in [-0.4, -0.2) is 112 Å². The van der Waals surface area contributed by atoms with E-state index in [4.69, 9.17) is 31.9 Å². The monoisotopic (exact) mass is 905 g/mol. The predicted octanol–water partition coefficient (Wildman–Crippen LogP) is 2.25. The average Bonchev–Trinajstić information content (AvgIpc) is 3.30. The Balaban J connectivity index is 1.82. The van der Waals surface area contributed by atoms with Crippen LogP contribution in [0.2, 0.25) is 0 Å². The second-order valence-electron chi connectivity index (χ2n) is 15.9. The van der Waals surface area contributed by atoms with Crippen LogP contribution in [0.15, 0.2) is 75.9 Å². The molecule has 66 heavy (non-hydrogen) atoms. The summed E-state index contributed by atoms with van der Waals surface area (Å²) in [7, 11) is 1.41. The molecule has 3 aromatic carbocycles.